The lowest BCUT2D eigenvalue weighted by Gasteiger charge is -2.68. The lowest BCUT2D eigenvalue weighted by atomic mass is 9.36. The molecule has 1 aromatic rings. The maximum absolute atomic E-state index is 15.4. The van der Waals surface area contributed by atoms with Gasteiger partial charge in [0.15, 0.2) is 9.84 Å². The number of amides is 1. The Kier molecular flexibility index (Phi) is 16.1. The molecule has 7 nitrogen and oxygen atoms in total. The summed E-state index contributed by atoms with van der Waals surface area (Å²) < 4.78 is 39.0. The molecule has 7 rings (SSSR count). The van der Waals surface area contributed by atoms with Crippen LogP contribution in [0.1, 0.15) is 115 Å². The number of terminal acetylenes is 3. The predicted octanol–water partition coefficient (Wildman–Crippen LogP) is 8.77. The number of rotatable bonds is 6. The van der Waals surface area contributed by atoms with Gasteiger partial charge < -0.3 is 10.4 Å². The summed E-state index contributed by atoms with van der Waals surface area (Å²) in [6, 6.07) is 4.36. The van der Waals surface area contributed by atoms with Crippen LogP contribution in [-0.2, 0) is 14.6 Å². The van der Waals surface area contributed by atoms with Crippen molar-refractivity contribution in [1.29, 1.82) is 0 Å². The fraction of sp³-hybridized carbons (Fsp3) is 0.625. The molecule has 0 aromatic heterocycles. The third kappa shape index (κ3) is 8.94. The lowest BCUT2D eigenvalue weighted by Crippen LogP contribution is -2.62. The van der Waals surface area contributed by atoms with Gasteiger partial charge in [-0.05, 0) is 128 Å². The van der Waals surface area contributed by atoms with E-state index in [0.29, 0.717) is 61.3 Å². The number of aromatic carboxylic acids is 1. The zero-order chi connectivity index (χ0) is 43.0. The minimum Gasteiger partial charge on any atom is -0.478 e. The number of benzene rings is 1. The second-order valence-electron chi connectivity index (χ2n) is 17.9. The first kappa shape index (κ1) is 47.5. The highest BCUT2D eigenvalue weighted by molar-refractivity contribution is 7.91. The normalized spacial score (nSPS) is 34.0. The maximum atomic E-state index is 15.4. The van der Waals surface area contributed by atoms with Gasteiger partial charge in [0.25, 0.3) is 0 Å². The predicted molar refractivity (Wildman–Crippen MR) is 231 cm³/mol. The van der Waals surface area contributed by atoms with Crippen LogP contribution in [-0.4, -0.2) is 68.0 Å². The third-order valence-corrected chi connectivity index (χ3v) is 16.8. The number of fused-ring (bicyclic) bond motifs is 7. The van der Waals surface area contributed by atoms with E-state index < -0.39 is 21.6 Å². The molecule has 57 heavy (non-hydrogen) atoms. The van der Waals surface area contributed by atoms with Crippen LogP contribution in [0.3, 0.4) is 0 Å². The summed E-state index contributed by atoms with van der Waals surface area (Å²) in [6.07, 6.45) is 38.9. The molecule has 0 radical (unpaired) electrons. The molecular weight excluding hydrogens is 736 g/mol. The maximum Gasteiger partial charge on any atom is 0.335 e. The molecule has 8 atom stereocenters. The highest BCUT2D eigenvalue weighted by Gasteiger charge is 2.66. The summed E-state index contributed by atoms with van der Waals surface area (Å²) in [7, 11) is -2.91. The van der Waals surface area contributed by atoms with Crippen molar-refractivity contribution in [3.63, 3.8) is 0 Å². The molecule has 1 aromatic carbocycles. The molecule has 1 heterocycles. The summed E-state index contributed by atoms with van der Waals surface area (Å²) in [5.41, 5.74) is 1.33. The van der Waals surface area contributed by atoms with Gasteiger partial charge in [-0.25, -0.2) is 17.6 Å². The minimum absolute atomic E-state index is 0.0197. The second kappa shape index (κ2) is 19.3. The molecule has 0 spiro atoms. The largest absolute Gasteiger partial charge is 0.478 e. The van der Waals surface area contributed by atoms with E-state index in [2.05, 4.69) is 89.1 Å². The number of allylic oxidation sites excluding steroid dienone is 3. The van der Waals surface area contributed by atoms with Crippen molar-refractivity contribution in [2.75, 3.05) is 37.7 Å². The zero-order valence-electron chi connectivity index (χ0n) is 35.1. The molecule has 5 fully saturated rings. The molecule has 5 aliphatic carbocycles. The van der Waals surface area contributed by atoms with Gasteiger partial charge in [-0.15, -0.1) is 45.1 Å². The van der Waals surface area contributed by atoms with Gasteiger partial charge >= 0.3 is 5.97 Å². The van der Waals surface area contributed by atoms with E-state index in [0.717, 1.165) is 63.0 Å². The van der Waals surface area contributed by atoms with Crippen molar-refractivity contribution in [3.8, 4) is 38.5 Å². The van der Waals surface area contributed by atoms with Gasteiger partial charge in [0.05, 0.1) is 22.5 Å². The molecule has 1 amide bonds. The standard InChI is InChI=1S/C39H55FN2O5S.C3H6.3C2H2/c1-36(2)28(27-8-7-25(34(43)44)24-31(27)40)11-15-38(4)32(36)13-16-37(3)29-12-17-39(14-5-6-30(39)26(29)9-10-33(37)38)35(45)41-18-19-42-20-22-48(46,47)23-21-42;1-3-2;3*1-2/h7-8,11,24,26,29-30,32-33H,5-6,9-10,12-23H2,1-4H3,(H,41,45)(H,43,44);3H,1H2,2H3;3*1-2H/t26-,29?,30?,32?,33?,37-,38-,39-;;;;/m0..../s1. The zero-order valence-corrected chi connectivity index (χ0v) is 35.9. The van der Waals surface area contributed by atoms with Crippen LogP contribution >= 0.6 is 0 Å². The van der Waals surface area contributed by atoms with Gasteiger partial charge in [-0.3, -0.25) is 9.69 Å². The van der Waals surface area contributed by atoms with Crippen LogP contribution in [0, 0.1) is 95.6 Å². The van der Waals surface area contributed by atoms with Crippen molar-refractivity contribution in [3.05, 3.63) is 53.9 Å². The number of nitrogens with zero attached hydrogens (tertiary/aromatic N) is 1. The molecule has 2 N–H and O–H groups in total. The van der Waals surface area contributed by atoms with Crippen LogP contribution in [0.2, 0.25) is 0 Å². The van der Waals surface area contributed by atoms with Crippen molar-refractivity contribution in [2.24, 2.45) is 51.2 Å². The Hall–Kier alpha value is -3.84. The Balaban J connectivity index is 0.000000899. The van der Waals surface area contributed by atoms with Gasteiger partial charge in [0.1, 0.15) is 5.82 Å². The number of hydrogen-bond donors (Lipinski definition) is 2. The molecular formula is C48H67FN2O5S. The first-order valence-corrected chi connectivity index (χ1v) is 22.4. The van der Waals surface area contributed by atoms with Crippen molar-refractivity contribution >= 4 is 27.3 Å². The molecule has 4 unspecified atom stereocenters. The Labute approximate surface area is 344 Å². The third-order valence-electron chi connectivity index (χ3n) is 15.2. The average molecular weight is 803 g/mol. The molecule has 312 valence electrons. The van der Waals surface area contributed by atoms with Crippen molar-refractivity contribution in [1.82, 2.24) is 10.2 Å². The van der Waals surface area contributed by atoms with Crippen LogP contribution in [0.25, 0.3) is 5.57 Å². The van der Waals surface area contributed by atoms with E-state index in [4.69, 9.17) is 0 Å². The Morgan fingerprint density at radius 3 is 2.14 bits per heavy atom. The van der Waals surface area contributed by atoms with E-state index in [1.54, 1.807) is 12.1 Å². The smallest absolute Gasteiger partial charge is 0.335 e. The molecule has 1 saturated heterocycles. The van der Waals surface area contributed by atoms with E-state index in [1.807, 2.05) is 6.92 Å². The van der Waals surface area contributed by atoms with Gasteiger partial charge in [-0.2, -0.15) is 0 Å². The average Bonchev–Trinajstić information content (AvgIpc) is 3.64. The van der Waals surface area contributed by atoms with Crippen LogP contribution in [0.5, 0.6) is 0 Å². The van der Waals surface area contributed by atoms with Crippen LogP contribution in [0.15, 0.2) is 36.9 Å². The van der Waals surface area contributed by atoms with Crippen molar-refractivity contribution < 1.29 is 27.5 Å². The number of nitrogens with one attached hydrogen (secondary N) is 1. The fourth-order valence-corrected chi connectivity index (χ4v) is 14.3. The molecule has 4 saturated carbocycles. The number of carboxylic acids is 1. The lowest BCUT2D eigenvalue weighted by molar-refractivity contribution is -0.181. The summed E-state index contributed by atoms with van der Waals surface area (Å²) in [5.74, 6) is 1.70. The van der Waals surface area contributed by atoms with E-state index in [1.165, 1.54) is 18.9 Å². The van der Waals surface area contributed by atoms with Gasteiger partial charge in [0, 0.05) is 31.7 Å². The fourth-order valence-electron chi connectivity index (χ4n) is 13.0. The highest BCUT2D eigenvalue weighted by atomic mass is 32.2. The molecule has 0 bridgehead atoms. The Bertz CT molecular complexity index is 1780. The van der Waals surface area contributed by atoms with E-state index in [-0.39, 0.29) is 44.6 Å². The second-order valence-corrected chi connectivity index (χ2v) is 20.2. The molecule has 1 aliphatic heterocycles. The van der Waals surface area contributed by atoms with Gasteiger partial charge in [-0.1, -0.05) is 52.3 Å². The topological polar surface area (TPSA) is 104 Å². The number of carbonyl (C=O) groups is 2. The van der Waals surface area contributed by atoms with E-state index >= 15 is 4.39 Å². The van der Waals surface area contributed by atoms with Crippen molar-refractivity contribution in [2.45, 2.75) is 98.8 Å². The quantitative estimate of drug-likeness (QED) is 0.220. The minimum atomic E-state index is -2.91. The first-order valence-electron chi connectivity index (χ1n) is 20.6. The number of hydrogen-bond acceptors (Lipinski definition) is 5. The van der Waals surface area contributed by atoms with Gasteiger partial charge in [0.2, 0.25) is 5.91 Å². The van der Waals surface area contributed by atoms with E-state index in [9.17, 15) is 23.1 Å². The molecule has 6 aliphatic rings. The number of sulfone groups is 1. The Morgan fingerprint density at radius 2 is 1.54 bits per heavy atom. The van der Waals surface area contributed by atoms with Crippen LogP contribution in [0.4, 0.5) is 4.39 Å². The Morgan fingerprint density at radius 1 is 0.912 bits per heavy atom. The number of halogens is 1. The summed E-state index contributed by atoms with van der Waals surface area (Å²) in [4.78, 5) is 27.7. The summed E-state index contributed by atoms with van der Waals surface area (Å²) >= 11 is 0. The summed E-state index contributed by atoms with van der Waals surface area (Å²) in [6.45, 7) is 17.3. The summed E-state index contributed by atoms with van der Waals surface area (Å²) in [5, 5.41) is 12.7. The number of carbonyl (C=O) groups excluding carboxylic acids is 1. The highest BCUT2D eigenvalue weighted by Crippen LogP contribution is 2.73. The number of carboxylic acid groups (broad SMARTS) is 1. The monoisotopic (exact) mass is 802 g/mol. The first-order chi connectivity index (χ1) is 27.0. The molecule has 9 heteroatoms. The van der Waals surface area contributed by atoms with Crippen LogP contribution < -0.4 is 5.32 Å². The SMILES string of the molecule is C#C.C#C.C#C.C=CC.CC1(C)C(c2ccc(C(=O)O)cc2F)=CC[C@@]2(C)C1CC[C@@]1(C)C3CC[C@@]4(C(=O)NCCN5CCS(=O)(=O)CC5)CCCC4[C@H]3CCC12.